The molecule has 3 N–H and O–H groups in total. The van der Waals surface area contributed by atoms with Crippen molar-refractivity contribution >= 4 is 17.3 Å². The quantitative estimate of drug-likeness (QED) is 0.780. The second kappa shape index (κ2) is 5.10. The zero-order valence-corrected chi connectivity index (χ0v) is 8.51. The molecular formula is C10H15ClN2. The van der Waals surface area contributed by atoms with Gasteiger partial charge in [0.2, 0.25) is 0 Å². The molecule has 1 atom stereocenters. The highest BCUT2D eigenvalue weighted by Gasteiger charge is 1.97. The Labute approximate surface area is 84.1 Å². The summed E-state index contributed by atoms with van der Waals surface area (Å²) in [6.07, 6.45) is 0. The summed E-state index contributed by atoms with van der Waals surface area (Å²) in [5, 5.41) is 4.05. The van der Waals surface area contributed by atoms with Crippen LogP contribution in [-0.2, 0) is 0 Å². The number of nitrogens with two attached hydrogens (primary N) is 1. The molecule has 1 aromatic carbocycles. The first kappa shape index (κ1) is 10.4. The van der Waals surface area contributed by atoms with Gasteiger partial charge in [0, 0.05) is 17.3 Å². The van der Waals surface area contributed by atoms with Crippen LogP contribution in [0.3, 0.4) is 0 Å². The first-order chi connectivity index (χ1) is 6.22. The van der Waals surface area contributed by atoms with Gasteiger partial charge in [0.05, 0.1) is 0 Å². The van der Waals surface area contributed by atoms with E-state index in [-0.39, 0.29) is 0 Å². The van der Waals surface area contributed by atoms with E-state index in [1.54, 1.807) is 0 Å². The Balaban J connectivity index is 2.41. The van der Waals surface area contributed by atoms with E-state index >= 15 is 0 Å². The molecule has 1 rings (SSSR count). The van der Waals surface area contributed by atoms with Gasteiger partial charge in [0.25, 0.3) is 0 Å². The molecule has 13 heavy (non-hydrogen) atoms. The summed E-state index contributed by atoms with van der Waals surface area (Å²) >= 11 is 5.75. The Kier molecular flexibility index (Phi) is 4.06. The van der Waals surface area contributed by atoms with Crippen molar-refractivity contribution in [1.29, 1.82) is 0 Å². The Morgan fingerprint density at radius 3 is 2.54 bits per heavy atom. The van der Waals surface area contributed by atoms with Gasteiger partial charge in [-0.1, -0.05) is 18.5 Å². The molecule has 0 bridgehead atoms. The van der Waals surface area contributed by atoms with Crippen LogP contribution < -0.4 is 11.1 Å². The fourth-order valence-electron chi connectivity index (χ4n) is 0.943. The highest BCUT2D eigenvalue weighted by molar-refractivity contribution is 6.30. The highest BCUT2D eigenvalue weighted by atomic mass is 35.5. The monoisotopic (exact) mass is 198 g/mol. The van der Waals surface area contributed by atoms with Gasteiger partial charge in [-0.15, -0.1) is 0 Å². The minimum Gasteiger partial charge on any atom is -0.385 e. The number of benzene rings is 1. The topological polar surface area (TPSA) is 38.0 Å². The van der Waals surface area contributed by atoms with Crippen molar-refractivity contribution in [1.82, 2.24) is 0 Å². The Morgan fingerprint density at radius 1 is 1.38 bits per heavy atom. The molecule has 0 aliphatic heterocycles. The number of hydrogen-bond acceptors (Lipinski definition) is 2. The summed E-state index contributed by atoms with van der Waals surface area (Å²) in [6.45, 7) is 3.72. The van der Waals surface area contributed by atoms with E-state index in [4.69, 9.17) is 17.3 Å². The van der Waals surface area contributed by atoms with E-state index in [1.165, 1.54) is 0 Å². The Bertz CT molecular complexity index is 246. The Morgan fingerprint density at radius 2 is 2.00 bits per heavy atom. The molecule has 0 aliphatic carbocycles. The van der Waals surface area contributed by atoms with Crippen LogP contribution in [0.4, 0.5) is 5.69 Å². The lowest BCUT2D eigenvalue weighted by atomic mass is 10.2. The minimum atomic E-state index is 0.496. The van der Waals surface area contributed by atoms with E-state index in [0.717, 1.165) is 17.3 Å². The van der Waals surface area contributed by atoms with Crippen molar-refractivity contribution < 1.29 is 0 Å². The smallest absolute Gasteiger partial charge is 0.0407 e. The average molecular weight is 199 g/mol. The number of halogens is 1. The molecule has 0 saturated heterocycles. The molecule has 72 valence electrons. The lowest BCUT2D eigenvalue weighted by molar-refractivity contribution is 0.628. The van der Waals surface area contributed by atoms with Crippen LogP contribution in [-0.4, -0.2) is 13.1 Å². The van der Waals surface area contributed by atoms with E-state index in [9.17, 15) is 0 Å². The van der Waals surface area contributed by atoms with Crippen LogP contribution in [0.5, 0.6) is 0 Å². The fourth-order valence-corrected chi connectivity index (χ4v) is 1.07. The Hall–Kier alpha value is -0.730. The molecule has 0 amide bonds. The van der Waals surface area contributed by atoms with Crippen molar-refractivity contribution in [3.8, 4) is 0 Å². The zero-order valence-electron chi connectivity index (χ0n) is 7.76. The number of rotatable bonds is 4. The molecule has 0 saturated carbocycles. The normalized spacial score (nSPS) is 12.5. The molecule has 0 radical (unpaired) electrons. The van der Waals surface area contributed by atoms with Crippen LogP contribution in [0.15, 0.2) is 24.3 Å². The van der Waals surface area contributed by atoms with Gasteiger partial charge in [-0.25, -0.2) is 0 Å². The van der Waals surface area contributed by atoms with E-state index in [2.05, 4.69) is 12.2 Å². The van der Waals surface area contributed by atoms with Crippen LogP contribution in [0, 0.1) is 5.92 Å². The SMILES string of the molecule is CC(CN)CNc1ccc(Cl)cc1. The maximum atomic E-state index is 5.75. The molecule has 0 fully saturated rings. The summed E-state index contributed by atoms with van der Waals surface area (Å²) in [5.41, 5.74) is 6.59. The molecule has 1 unspecified atom stereocenters. The lowest BCUT2D eigenvalue weighted by Crippen LogP contribution is -2.19. The molecule has 0 spiro atoms. The average Bonchev–Trinajstić information content (AvgIpc) is 2.16. The second-order valence-electron chi connectivity index (χ2n) is 3.23. The largest absolute Gasteiger partial charge is 0.385 e. The third-order valence-corrected chi connectivity index (χ3v) is 2.15. The fraction of sp³-hybridized carbons (Fsp3) is 0.400. The van der Waals surface area contributed by atoms with Gasteiger partial charge in [-0.3, -0.25) is 0 Å². The van der Waals surface area contributed by atoms with Gasteiger partial charge in [0.15, 0.2) is 0 Å². The van der Waals surface area contributed by atoms with Crippen LogP contribution in [0.25, 0.3) is 0 Å². The van der Waals surface area contributed by atoms with Gasteiger partial charge in [-0.05, 0) is 36.7 Å². The molecule has 2 nitrogen and oxygen atoms in total. The summed E-state index contributed by atoms with van der Waals surface area (Å²) in [4.78, 5) is 0. The zero-order chi connectivity index (χ0) is 9.68. The van der Waals surface area contributed by atoms with Crippen molar-refractivity contribution in [3.63, 3.8) is 0 Å². The third-order valence-electron chi connectivity index (χ3n) is 1.90. The first-order valence-electron chi connectivity index (χ1n) is 4.42. The van der Waals surface area contributed by atoms with Gasteiger partial charge >= 0.3 is 0 Å². The van der Waals surface area contributed by atoms with Gasteiger partial charge < -0.3 is 11.1 Å². The molecule has 1 aromatic rings. The van der Waals surface area contributed by atoms with Crippen molar-refractivity contribution in [2.24, 2.45) is 11.7 Å². The van der Waals surface area contributed by atoms with Crippen LogP contribution in [0.2, 0.25) is 5.02 Å². The number of hydrogen-bond donors (Lipinski definition) is 2. The summed E-state index contributed by atoms with van der Waals surface area (Å²) < 4.78 is 0. The summed E-state index contributed by atoms with van der Waals surface area (Å²) in [5.74, 6) is 0.496. The molecule has 0 heterocycles. The number of nitrogens with one attached hydrogen (secondary N) is 1. The maximum Gasteiger partial charge on any atom is 0.0407 e. The minimum absolute atomic E-state index is 0.496. The van der Waals surface area contributed by atoms with Crippen molar-refractivity contribution in [2.75, 3.05) is 18.4 Å². The molecule has 3 heteroatoms. The van der Waals surface area contributed by atoms with Crippen LogP contribution >= 0.6 is 11.6 Å². The lowest BCUT2D eigenvalue weighted by Gasteiger charge is -2.10. The summed E-state index contributed by atoms with van der Waals surface area (Å²) in [7, 11) is 0. The summed E-state index contributed by atoms with van der Waals surface area (Å²) in [6, 6.07) is 7.67. The maximum absolute atomic E-state index is 5.75. The molecule has 0 aliphatic rings. The molecule has 0 aromatic heterocycles. The predicted octanol–water partition coefficient (Wildman–Crippen LogP) is 2.35. The highest BCUT2D eigenvalue weighted by Crippen LogP contribution is 2.13. The van der Waals surface area contributed by atoms with Crippen LogP contribution in [0.1, 0.15) is 6.92 Å². The van der Waals surface area contributed by atoms with Gasteiger partial charge in [0.1, 0.15) is 0 Å². The molecular weight excluding hydrogens is 184 g/mol. The van der Waals surface area contributed by atoms with E-state index < -0.39 is 0 Å². The third kappa shape index (κ3) is 3.66. The van der Waals surface area contributed by atoms with Gasteiger partial charge in [-0.2, -0.15) is 0 Å². The van der Waals surface area contributed by atoms with E-state index in [0.29, 0.717) is 12.5 Å². The number of anilines is 1. The second-order valence-corrected chi connectivity index (χ2v) is 3.67. The standard InChI is InChI=1S/C10H15ClN2/c1-8(6-12)7-13-10-4-2-9(11)3-5-10/h2-5,8,13H,6-7,12H2,1H3. The predicted molar refractivity (Wildman–Crippen MR) is 58.2 cm³/mol. The van der Waals surface area contributed by atoms with Crippen molar-refractivity contribution in [2.45, 2.75) is 6.92 Å². The van der Waals surface area contributed by atoms with E-state index in [1.807, 2.05) is 24.3 Å². The first-order valence-corrected chi connectivity index (χ1v) is 4.79. The van der Waals surface area contributed by atoms with Crippen molar-refractivity contribution in [3.05, 3.63) is 29.3 Å².